The van der Waals surface area contributed by atoms with Gasteiger partial charge in [-0.2, -0.15) is 4.98 Å². The Morgan fingerprint density at radius 2 is 2.06 bits per heavy atom. The summed E-state index contributed by atoms with van der Waals surface area (Å²) in [5.41, 5.74) is 7.24. The molecule has 0 bridgehead atoms. The molecule has 2 heterocycles. The van der Waals surface area contributed by atoms with Gasteiger partial charge in [-0.05, 0) is 25.3 Å². The van der Waals surface area contributed by atoms with E-state index in [2.05, 4.69) is 15.0 Å². The molecule has 17 heavy (non-hydrogen) atoms. The van der Waals surface area contributed by atoms with E-state index in [1.54, 1.807) is 12.4 Å². The number of ether oxygens (including phenoxy) is 1. The fraction of sp³-hybridized carbons (Fsp3) is 0.417. The van der Waals surface area contributed by atoms with Crippen molar-refractivity contribution in [3.8, 4) is 5.88 Å². The van der Waals surface area contributed by atoms with Crippen LogP contribution in [0.2, 0.25) is 0 Å². The molecular weight excluding hydrogens is 216 g/mol. The number of pyridine rings is 1. The summed E-state index contributed by atoms with van der Waals surface area (Å²) in [5, 5.41) is 0. The third-order valence-corrected chi connectivity index (χ3v) is 3.02. The van der Waals surface area contributed by atoms with Gasteiger partial charge in [0.05, 0.1) is 0 Å². The quantitative estimate of drug-likeness (QED) is 0.841. The minimum Gasteiger partial charge on any atom is -0.474 e. The number of hydrogen-bond donors (Lipinski definition) is 1. The van der Waals surface area contributed by atoms with Crippen molar-refractivity contribution in [2.45, 2.75) is 31.4 Å². The smallest absolute Gasteiger partial charge is 0.215 e. The maximum Gasteiger partial charge on any atom is 0.215 e. The average Bonchev–Trinajstić information content (AvgIpc) is 2.75. The van der Waals surface area contributed by atoms with Gasteiger partial charge in [0, 0.05) is 24.5 Å². The van der Waals surface area contributed by atoms with Crippen molar-refractivity contribution in [3.05, 3.63) is 24.5 Å². The Bertz CT molecular complexity index is 531. The van der Waals surface area contributed by atoms with Crippen molar-refractivity contribution in [2.24, 2.45) is 5.73 Å². The average molecular weight is 230 g/mol. The molecule has 0 amide bonds. The van der Waals surface area contributed by atoms with Gasteiger partial charge >= 0.3 is 0 Å². The zero-order valence-corrected chi connectivity index (χ0v) is 9.41. The zero-order chi connectivity index (χ0) is 11.7. The Morgan fingerprint density at radius 3 is 2.88 bits per heavy atom. The number of hydrogen-bond acceptors (Lipinski definition) is 5. The predicted molar refractivity (Wildman–Crippen MR) is 63.6 cm³/mol. The van der Waals surface area contributed by atoms with Crippen LogP contribution < -0.4 is 10.5 Å². The first-order valence-electron chi connectivity index (χ1n) is 5.81. The van der Waals surface area contributed by atoms with E-state index in [0.29, 0.717) is 11.5 Å². The van der Waals surface area contributed by atoms with Crippen molar-refractivity contribution in [1.82, 2.24) is 15.0 Å². The van der Waals surface area contributed by atoms with E-state index in [1.165, 1.54) is 0 Å². The SMILES string of the molecule is NC1CCC(Oc2ccc3nccnc3n2)C1. The Labute approximate surface area is 99.0 Å². The number of fused-ring (bicyclic) bond motifs is 1. The van der Waals surface area contributed by atoms with Gasteiger partial charge in [-0.15, -0.1) is 0 Å². The molecule has 88 valence electrons. The van der Waals surface area contributed by atoms with Crippen LogP contribution in [0.4, 0.5) is 0 Å². The lowest BCUT2D eigenvalue weighted by Crippen LogP contribution is -2.19. The predicted octanol–water partition coefficient (Wildman–Crippen LogP) is 1.28. The van der Waals surface area contributed by atoms with E-state index in [9.17, 15) is 0 Å². The molecule has 1 aliphatic rings. The molecule has 0 saturated heterocycles. The number of aromatic nitrogens is 3. The summed E-state index contributed by atoms with van der Waals surface area (Å²) in [6.45, 7) is 0. The summed E-state index contributed by atoms with van der Waals surface area (Å²) < 4.78 is 5.79. The molecule has 0 aliphatic heterocycles. The molecule has 5 heteroatoms. The lowest BCUT2D eigenvalue weighted by atomic mass is 10.3. The van der Waals surface area contributed by atoms with E-state index in [0.717, 1.165) is 24.8 Å². The minimum absolute atomic E-state index is 0.187. The normalized spacial score (nSPS) is 24.1. The van der Waals surface area contributed by atoms with Crippen LogP contribution in [-0.2, 0) is 0 Å². The fourth-order valence-corrected chi connectivity index (χ4v) is 2.15. The van der Waals surface area contributed by atoms with Gasteiger partial charge in [0.15, 0.2) is 5.65 Å². The largest absolute Gasteiger partial charge is 0.474 e. The highest BCUT2D eigenvalue weighted by molar-refractivity contribution is 5.69. The van der Waals surface area contributed by atoms with E-state index in [-0.39, 0.29) is 12.1 Å². The molecule has 0 radical (unpaired) electrons. The third-order valence-electron chi connectivity index (χ3n) is 3.02. The monoisotopic (exact) mass is 230 g/mol. The number of nitrogens with zero attached hydrogens (tertiary/aromatic N) is 3. The van der Waals surface area contributed by atoms with Gasteiger partial charge in [-0.25, -0.2) is 4.98 Å². The lowest BCUT2D eigenvalue weighted by Gasteiger charge is -2.12. The molecule has 5 nitrogen and oxygen atoms in total. The van der Waals surface area contributed by atoms with Crippen molar-refractivity contribution in [1.29, 1.82) is 0 Å². The van der Waals surface area contributed by atoms with Gasteiger partial charge in [0.2, 0.25) is 5.88 Å². The molecule has 0 aromatic carbocycles. The maximum absolute atomic E-state index is 5.85. The van der Waals surface area contributed by atoms with Crippen LogP contribution in [0.15, 0.2) is 24.5 Å². The first kappa shape index (κ1) is 10.4. The first-order valence-corrected chi connectivity index (χ1v) is 5.81. The molecule has 1 fully saturated rings. The topological polar surface area (TPSA) is 73.9 Å². The van der Waals surface area contributed by atoms with E-state index in [1.807, 2.05) is 12.1 Å². The van der Waals surface area contributed by atoms with Crippen LogP contribution in [0.5, 0.6) is 5.88 Å². The number of nitrogens with two attached hydrogens (primary N) is 1. The highest BCUT2D eigenvalue weighted by Crippen LogP contribution is 2.23. The van der Waals surface area contributed by atoms with Crippen molar-refractivity contribution >= 4 is 11.2 Å². The lowest BCUT2D eigenvalue weighted by molar-refractivity contribution is 0.200. The Balaban J connectivity index is 1.81. The Morgan fingerprint density at radius 1 is 1.18 bits per heavy atom. The maximum atomic E-state index is 5.85. The standard InChI is InChI=1S/C12H14N4O/c13-8-1-2-9(7-8)17-11-4-3-10-12(16-11)15-6-5-14-10/h3-6,8-9H,1-2,7,13H2. The van der Waals surface area contributed by atoms with Crippen molar-refractivity contribution < 1.29 is 4.74 Å². The Kier molecular flexibility index (Phi) is 2.60. The molecule has 0 spiro atoms. The van der Waals surface area contributed by atoms with Crippen LogP contribution >= 0.6 is 0 Å². The van der Waals surface area contributed by atoms with Crippen molar-refractivity contribution in [2.75, 3.05) is 0 Å². The van der Waals surface area contributed by atoms with Crippen LogP contribution in [0, 0.1) is 0 Å². The second-order valence-corrected chi connectivity index (χ2v) is 4.36. The Hall–Kier alpha value is -1.75. The number of rotatable bonds is 2. The van der Waals surface area contributed by atoms with E-state index in [4.69, 9.17) is 10.5 Å². The fourth-order valence-electron chi connectivity index (χ4n) is 2.15. The van der Waals surface area contributed by atoms with Gasteiger partial charge in [-0.1, -0.05) is 0 Å². The van der Waals surface area contributed by atoms with Crippen LogP contribution in [-0.4, -0.2) is 27.1 Å². The molecule has 2 unspecified atom stereocenters. The van der Waals surface area contributed by atoms with Gasteiger partial charge in [0.1, 0.15) is 11.6 Å². The van der Waals surface area contributed by atoms with Crippen LogP contribution in [0.25, 0.3) is 11.2 Å². The highest BCUT2D eigenvalue weighted by atomic mass is 16.5. The molecule has 2 atom stereocenters. The van der Waals surface area contributed by atoms with E-state index < -0.39 is 0 Å². The molecule has 1 saturated carbocycles. The second-order valence-electron chi connectivity index (χ2n) is 4.36. The zero-order valence-electron chi connectivity index (χ0n) is 9.41. The van der Waals surface area contributed by atoms with Gasteiger partial charge in [0.25, 0.3) is 0 Å². The summed E-state index contributed by atoms with van der Waals surface area (Å²) in [4.78, 5) is 12.6. The summed E-state index contributed by atoms with van der Waals surface area (Å²) in [7, 11) is 0. The molecule has 2 aromatic heterocycles. The van der Waals surface area contributed by atoms with Gasteiger partial charge in [-0.3, -0.25) is 4.98 Å². The molecule has 2 N–H and O–H groups in total. The summed E-state index contributed by atoms with van der Waals surface area (Å²) in [5.74, 6) is 0.608. The van der Waals surface area contributed by atoms with E-state index >= 15 is 0 Å². The van der Waals surface area contributed by atoms with Crippen LogP contribution in [0.3, 0.4) is 0 Å². The highest BCUT2D eigenvalue weighted by Gasteiger charge is 2.23. The molecule has 2 aromatic rings. The third kappa shape index (κ3) is 2.19. The summed E-state index contributed by atoms with van der Waals surface area (Å²) in [6.07, 6.45) is 6.40. The first-order chi connectivity index (χ1) is 8.31. The van der Waals surface area contributed by atoms with Gasteiger partial charge < -0.3 is 10.5 Å². The molecule has 1 aliphatic carbocycles. The molecular formula is C12H14N4O. The summed E-state index contributed by atoms with van der Waals surface area (Å²) >= 11 is 0. The summed E-state index contributed by atoms with van der Waals surface area (Å²) in [6, 6.07) is 3.97. The minimum atomic E-state index is 0.187. The second kappa shape index (κ2) is 4.25. The molecule has 3 rings (SSSR count). The van der Waals surface area contributed by atoms with Crippen molar-refractivity contribution in [3.63, 3.8) is 0 Å². The van der Waals surface area contributed by atoms with Crippen LogP contribution in [0.1, 0.15) is 19.3 Å².